The second kappa shape index (κ2) is 5.66. The van der Waals surface area contributed by atoms with Crippen molar-refractivity contribution in [2.75, 3.05) is 5.73 Å². The smallest absolute Gasteiger partial charge is 0.312 e. The van der Waals surface area contributed by atoms with E-state index in [-0.39, 0.29) is 12.1 Å². The van der Waals surface area contributed by atoms with Gasteiger partial charge in [0.25, 0.3) is 0 Å². The number of nitrogens with two attached hydrogens (primary N) is 2. The van der Waals surface area contributed by atoms with Gasteiger partial charge >= 0.3 is 5.69 Å². The Morgan fingerprint density at radius 2 is 2.00 bits per heavy atom. The van der Waals surface area contributed by atoms with Crippen LogP contribution in [0.2, 0.25) is 0 Å². The lowest BCUT2D eigenvalue weighted by atomic mass is 10.0. The third kappa shape index (κ3) is 4.13. The summed E-state index contributed by atoms with van der Waals surface area (Å²) in [6.07, 6.45) is -0.262. The maximum atomic E-state index is 12.3. The normalized spacial score (nSPS) is 12.1. The van der Waals surface area contributed by atoms with E-state index in [0.29, 0.717) is 0 Å². The van der Waals surface area contributed by atoms with Crippen molar-refractivity contribution in [1.82, 2.24) is 4.72 Å². The summed E-state index contributed by atoms with van der Waals surface area (Å²) in [6, 6.07) is 3.58. The Morgan fingerprint density at radius 1 is 1.43 bits per heavy atom. The number of nitro benzene ring substituents is 1. The lowest BCUT2D eigenvalue weighted by molar-refractivity contribution is -0.386. The molecule has 0 saturated heterocycles. The van der Waals surface area contributed by atoms with Crippen LogP contribution in [0.25, 0.3) is 0 Å². The minimum Gasteiger partial charge on any atom is -0.393 e. The second-order valence-corrected chi connectivity index (χ2v) is 6.73. The van der Waals surface area contributed by atoms with Gasteiger partial charge in [0.05, 0.1) is 4.92 Å². The zero-order valence-electron chi connectivity index (χ0n) is 11.5. The quantitative estimate of drug-likeness (QED) is 0.383. The van der Waals surface area contributed by atoms with Gasteiger partial charge in [0.15, 0.2) is 4.90 Å². The topological polar surface area (TPSA) is 158 Å². The molecule has 0 atom stereocenters. The number of hydrogen-bond acceptors (Lipinski definition) is 6. The number of carbonyl (C=O) groups is 1. The van der Waals surface area contributed by atoms with E-state index >= 15 is 0 Å². The second-order valence-electron chi connectivity index (χ2n) is 5.08. The fourth-order valence-corrected chi connectivity index (χ4v) is 3.46. The first-order valence-electron chi connectivity index (χ1n) is 5.81. The molecule has 0 radical (unpaired) electrons. The molecule has 0 aliphatic carbocycles. The van der Waals surface area contributed by atoms with Crippen molar-refractivity contribution in [2.45, 2.75) is 30.7 Å². The van der Waals surface area contributed by atoms with Gasteiger partial charge in [0.2, 0.25) is 15.9 Å². The average molecular weight is 316 g/mol. The first-order chi connectivity index (χ1) is 9.46. The molecule has 0 heterocycles. The molecular formula is C11H16N4O5S. The Balaban J connectivity index is 3.30. The van der Waals surface area contributed by atoms with Crippen LogP contribution < -0.4 is 16.2 Å². The molecule has 0 unspecified atom stereocenters. The van der Waals surface area contributed by atoms with Gasteiger partial charge in [-0.1, -0.05) is 6.07 Å². The van der Waals surface area contributed by atoms with E-state index < -0.39 is 37.0 Å². The van der Waals surface area contributed by atoms with Gasteiger partial charge < -0.3 is 11.5 Å². The number of anilines is 1. The fourth-order valence-electron chi connectivity index (χ4n) is 1.84. The van der Waals surface area contributed by atoms with Crippen molar-refractivity contribution >= 4 is 27.3 Å². The van der Waals surface area contributed by atoms with E-state index in [9.17, 15) is 23.3 Å². The van der Waals surface area contributed by atoms with Crippen LogP contribution in [0.3, 0.4) is 0 Å². The monoisotopic (exact) mass is 316 g/mol. The van der Waals surface area contributed by atoms with Gasteiger partial charge in [-0.2, -0.15) is 0 Å². The Labute approximate surface area is 121 Å². The minimum atomic E-state index is -4.24. The van der Waals surface area contributed by atoms with Crippen LogP contribution in [0.5, 0.6) is 0 Å². The Morgan fingerprint density at radius 3 is 2.48 bits per heavy atom. The van der Waals surface area contributed by atoms with E-state index in [1.165, 1.54) is 26.0 Å². The number of benzene rings is 1. The van der Waals surface area contributed by atoms with E-state index in [2.05, 4.69) is 4.72 Å². The molecule has 10 heteroatoms. The Hall–Kier alpha value is -2.20. The first-order valence-corrected chi connectivity index (χ1v) is 7.30. The molecule has 0 fully saturated rings. The minimum absolute atomic E-state index is 0.262. The number of nitrogens with zero attached hydrogens (tertiary/aromatic N) is 1. The highest BCUT2D eigenvalue weighted by atomic mass is 32.2. The summed E-state index contributed by atoms with van der Waals surface area (Å²) in [4.78, 5) is 20.5. The maximum Gasteiger partial charge on any atom is 0.312 e. The summed E-state index contributed by atoms with van der Waals surface area (Å²) in [5, 5.41) is 11.0. The predicted molar refractivity (Wildman–Crippen MR) is 75.7 cm³/mol. The van der Waals surface area contributed by atoms with Gasteiger partial charge in [0, 0.05) is 12.0 Å². The van der Waals surface area contributed by atoms with E-state index in [1.54, 1.807) is 0 Å². The van der Waals surface area contributed by atoms with Crippen LogP contribution >= 0.6 is 0 Å². The molecule has 0 bridgehead atoms. The Kier molecular flexibility index (Phi) is 4.54. The number of carbonyl (C=O) groups excluding carboxylic acids is 1. The van der Waals surface area contributed by atoms with E-state index in [1.807, 2.05) is 0 Å². The van der Waals surface area contributed by atoms with Crippen LogP contribution in [0.1, 0.15) is 20.3 Å². The van der Waals surface area contributed by atoms with Gasteiger partial charge in [-0.3, -0.25) is 14.9 Å². The zero-order chi connectivity index (χ0) is 16.4. The van der Waals surface area contributed by atoms with Crippen LogP contribution in [0.15, 0.2) is 23.1 Å². The van der Waals surface area contributed by atoms with Gasteiger partial charge in [-0.05, 0) is 26.0 Å². The summed E-state index contributed by atoms with van der Waals surface area (Å²) in [5.41, 5.74) is 8.32. The average Bonchev–Trinajstić information content (AvgIpc) is 2.24. The molecule has 0 spiro atoms. The number of amides is 1. The van der Waals surface area contributed by atoms with Gasteiger partial charge in [-0.15, -0.1) is 0 Å². The third-order valence-corrected chi connectivity index (χ3v) is 4.26. The number of para-hydroxylation sites is 1. The SMILES string of the molecule is CC(C)(CC(N)=O)NS(=O)(=O)c1cccc(N)c1[N+](=O)[O-]. The molecule has 0 aromatic heterocycles. The van der Waals surface area contributed by atoms with E-state index in [4.69, 9.17) is 11.5 Å². The lowest BCUT2D eigenvalue weighted by Crippen LogP contribution is -2.46. The van der Waals surface area contributed by atoms with E-state index in [0.717, 1.165) is 6.07 Å². The molecule has 0 saturated carbocycles. The highest BCUT2D eigenvalue weighted by molar-refractivity contribution is 7.89. The van der Waals surface area contributed by atoms with Crippen molar-refractivity contribution in [3.05, 3.63) is 28.3 Å². The van der Waals surface area contributed by atoms with Crippen molar-refractivity contribution in [3.8, 4) is 0 Å². The van der Waals surface area contributed by atoms with Crippen LogP contribution in [-0.2, 0) is 14.8 Å². The number of primary amides is 1. The predicted octanol–water partition coefficient (Wildman–Crippen LogP) is 0.109. The zero-order valence-corrected chi connectivity index (χ0v) is 12.3. The maximum absolute atomic E-state index is 12.3. The summed E-state index contributed by atoms with van der Waals surface area (Å²) in [5.74, 6) is -0.704. The van der Waals surface area contributed by atoms with Gasteiger partial charge in [-0.25, -0.2) is 13.1 Å². The van der Waals surface area contributed by atoms with Crippen LogP contribution in [0, 0.1) is 10.1 Å². The summed E-state index contributed by atoms with van der Waals surface area (Å²) in [7, 11) is -4.24. The molecule has 1 aromatic rings. The molecule has 1 rings (SSSR count). The molecule has 0 aliphatic rings. The summed E-state index contributed by atoms with van der Waals surface area (Å²) in [6.45, 7) is 2.88. The summed E-state index contributed by atoms with van der Waals surface area (Å²) < 4.78 is 26.8. The van der Waals surface area contributed by atoms with Crippen molar-refractivity contribution in [1.29, 1.82) is 0 Å². The largest absolute Gasteiger partial charge is 0.393 e. The number of nitrogens with one attached hydrogen (secondary N) is 1. The molecule has 1 amide bonds. The lowest BCUT2D eigenvalue weighted by Gasteiger charge is -2.24. The summed E-state index contributed by atoms with van der Waals surface area (Å²) >= 11 is 0. The third-order valence-electron chi connectivity index (χ3n) is 2.53. The molecule has 9 nitrogen and oxygen atoms in total. The Bertz CT molecular complexity index is 684. The molecule has 1 aromatic carbocycles. The number of nitro groups is 1. The standard InChI is InChI=1S/C11H16N4O5S/c1-11(2,6-9(13)16)14-21(19,20)8-5-3-4-7(12)10(8)15(17)18/h3-5,14H,6,12H2,1-2H3,(H2,13,16). The molecule has 116 valence electrons. The van der Waals surface area contributed by atoms with Crippen LogP contribution in [-0.4, -0.2) is 24.8 Å². The molecule has 21 heavy (non-hydrogen) atoms. The van der Waals surface area contributed by atoms with Gasteiger partial charge in [0.1, 0.15) is 5.69 Å². The fraction of sp³-hybridized carbons (Fsp3) is 0.364. The number of sulfonamides is 1. The van der Waals surface area contributed by atoms with Crippen LogP contribution in [0.4, 0.5) is 11.4 Å². The van der Waals surface area contributed by atoms with Crippen molar-refractivity contribution in [3.63, 3.8) is 0 Å². The number of nitrogen functional groups attached to an aromatic ring is 1. The van der Waals surface area contributed by atoms with Crippen molar-refractivity contribution in [2.24, 2.45) is 5.73 Å². The molecular weight excluding hydrogens is 300 g/mol. The van der Waals surface area contributed by atoms with Crippen molar-refractivity contribution < 1.29 is 18.1 Å². The molecule has 0 aliphatic heterocycles. The number of hydrogen-bond donors (Lipinski definition) is 3. The number of rotatable bonds is 6. The highest BCUT2D eigenvalue weighted by Gasteiger charge is 2.33. The molecule has 5 N–H and O–H groups in total. The highest BCUT2D eigenvalue weighted by Crippen LogP contribution is 2.30. The first kappa shape index (κ1) is 16.9.